The molecule has 0 fully saturated rings. The molecule has 0 aromatic carbocycles. The zero-order chi connectivity index (χ0) is 12.7. The largest absolute Gasteiger partial charge is 0.325 e. The number of imidazole rings is 1. The number of nitrogens with one attached hydrogen (secondary N) is 1. The van der Waals surface area contributed by atoms with Crippen molar-refractivity contribution in [1.82, 2.24) is 14.9 Å². The molecule has 98 valence electrons. The number of aryl methyl sites for hydroxylation is 1. The van der Waals surface area contributed by atoms with Crippen LogP contribution >= 0.6 is 45.2 Å². The molecule has 0 atom stereocenters. The molecule has 0 unspecified atom stereocenters. The minimum atomic E-state index is 0.615. The zero-order valence-corrected chi connectivity index (χ0v) is 14.9. The van der Waals surface area contributed by atoms with Gasteiger partial charge < -0.3 is 9.88 Å². The molecule has 0 spiro atoms. The topological polar surface area (TPSA) is 29.9 Å². The van der Waals surface area contributed by atoms with E-state index >= 15 is 0 Å². The normalized spacial score (nSPS) is 11.4. The van der Waals surface area contributed by atoms with Gasteiger partial charge in [0.05, 0.1) is 6.33 Å². The third kappa shape index (κ3) is 6.37. The van der Waals surface area contributed by atoms with Gasteiger partial charge in [-0.05, 0) is 64.6 Å². The third-order valence-corrected chi connectivity index (χ3v) is 5.56. The Bertz CT molecular complexity index is 324. The molecule has 1 aromatic heterocycles. The fourth-order valence-corrected chi connectivity index (χ4v) is 2.59. The second-order valence-corrected chi connectivity index (χ2v) is 6.59. The van der Waals surface area contributed by atoms with Crippen molar-refractivity contribution >= 4 is 45.2 Å². The Morgan fingerprint density at radius 2 is 1.94 bits per heavy atom. The number of hydrogen-bond donors (Lipinski definition) is 1. The number of hydrogen-bond acceptors (Lipinski definition) is 2. The maximum Gasteiger partial charge on any atom is 0.132 e. The van der Waals surface area contributed by atoms with Crippen molar-refractivity contribution in [2.24, 2.45) is 0 Å². The molecule has 0 saturated heterocycles. The van der Waals surface area contributed by atoms with Crippen LogP contribution in [-0.4, -0.2) is 22.1 Å². The molecule has 0 saturated carbocycles. The first-order valence-electron chi connectivity index (χ1n) is 6.20. The number of rotatable bonds is 8. The van der Waals surface area contributed by atoms with E-state index in [9.17, 15) is 0 Å². The first kappa shape index (κ1) is 15.7. The summed E-state index contributed by atoms with van der Waals surface area (Å²) in [6.45, 7) is 6.65. The van der Waals surface area contributed by atoms with Crippen LogP contribution < -0.4 is 5.32 Å². The second-order valence-electron chi connectivity index (χ2n) is 4.54. The predicted octanol–water partition coefficient (Wildman–Crippen LogP) is 3.65. The molecule has 3 nitrogen and oxygen atoms in total. The lowest BCUT2D eigenvalue weighted by molar-refractivity contribution is 0.523. The third-order valence-electron chi connectivity index (χ3n) is 2.61. The highest BCUT2D eigenvalue weighted by Gasteiger charge is 2.03. The van der Waals surface area contributed by atoms with Crippen molar-refractivity contribution in [2.75, 3.05) is 6.54 Å². The standard InChI is InChI=1S/C12H21I2N3/c1-10(2)15-7-5-3-4-6-8-17-9-16-11(13)12(17)14/h9-10,15H,3-8H2,1-2H3. The van der Waals surface area contributed by atoms with Crippen molar-refractivity contribution in [2.45, 2.75) is 52.1 Å². The fourth-order valence-electron chi connectivity index (χ4n) is 1.65. The van der Waals surface area contributed by atoms with Gasteiger partial charge in [0.1, 0.15) is 7.40 Å². The Morgan fingerprint density at radius 1 is 1.24 bits per heavy atom. The van der Waals surface area contributed by atoms with Crippen LogP contribution in [0.15, 0.2) is 6.33 Å². The molecule has 5 heteroatoms. The van der Waals surface area contributed by atoms with Gasteiger partial charge in [-0.25, -0.2) is 4.98 Å². The monoisotopic (exact) mass is 461 g/mol. The maximum atomic E-state index is 4.30. The average molecular weight is 461 g/mol. The molecule has 1 rings (SSSR count). The van der Waals surface area contributed by atoms with Gasteiger partial charge in [0, 0.05) is 12.6 Å². The lowest BCUT2D eigenvalue weighted by atomic mass is 10.2. The van der Waals surface area contributed by atoms with Gasteiger partial charge in [-0.1, -0.05) is 26.7 Å². The number of aromatic nitrogens is 2. The first-order valence-corrected chi connectivity index (χ1v) is 8.36. The summed E-state index contributed by atoms with van der Waals surface area (Å²) in [5.41, 5.74) is 0. The van der Waals surface area contributed by atoms with Crippen LogP contribution in [0.1, 0.15) is 39.5 Å². The maximum absolute atomic E-state index is 4.30. The van der Waals surface area contributed by atoms with E-state index in [1.807, 2.05) is 6.33 Å². The van der Waals surface area contributed by atoms with Crippen LogP contribution in [0.2, 0.25) is 0 Å². The highest BCUT2D eigenvalue weighted by Crippen LogP contribution is 2.14. The minimum Gasteiger partial charge on any atom is -0.325 e. The van der Waals surface area contributed by atoms with Crippen molar-refractivity contribution in [3.63, 3.8) is 0 Å². The fraction of sp³-hybridized carbons (Fsp3) is 0.750. The van der Waals surface area contributed by atoms with E-state index in [0.717, 1.165) is 16.8 Å². The van der Waals surface area contributed by atoms with E-state index in [1.54, 1.807) is 0 Å². The number of unbranched alkanes of at least 4 members (excludes halogenated alkanes) is 3. The lowest BCUT2D eigenvalue weighted by Crippen LogP contribution is -2.23. The van der Waals surface area contributed by atoms with Gasteiger partial charge in [-0.2, -0.15) is 0 Å². The molecule has 0 aliphatic rings. The summed E-state index contributed by atoms with van der Waals surface area (Å²) in [7, 11) is 0. The Hall–Kier alpha value is 0.630. The summed E-state index contributed by atoms with van der Waals surface area (Å²) in [5, 5.41) is 3.45. The van der Waals surface area contributed by atoms with Crippen molar-refractivity contribution < 1.29 is 0 Å². The summed E-state index contributed by atoms with van der Waals surface area (Å²) in [5.74, 6) is 0. The zero-order valence-electron chi connectivity index (χ0n) is 10.5. The Kier molecular flexibility index (Phi) is 8.01. The highest BCUT2D eigenvalue weighted by atomic mass is 127. The van der Waals surface area contributed by atoms with Crippen molar-refractivity contribution in [3.8, 4) is 0 Å². The van der Waals surface area contributed by atoms with Crippen LogP contribution in [0, 0.1) is 7.40 Å². The Balaban J connectivity index is 2.03. The minimum absolute atomic E-state index is 0.615. The predicted molar refractivity (Wildman–Crippen MR) is 89.3 cm³/mol. The second kappa shape index (κ2) is 8.68. The molecule has 0 amide bonds. The van der Waals surface area contributed by atoms with E-state index < -0.39 is 0 Å². The quantitative estimate of drug-likeness (QED) is 0.474. The SMILES string of the molecule is CC(C)NCCCCCCn1cnc(I)c1I. The molecule has 0 aliphatic carbocycles. The Morgan fingerprint density at radius 3 is 2.53 bits per heavy atom. The molecule has 0 bridgehead atoms. The molecule has 0 radical (unpaired) electrons. The van der Waals surface area contributed by atoms with Crippen LogP contribution in [0.3, 0.4) is 0 Å². The average Bonchev–Trinajstić information content (AvgIpc) is 2.59. The summed E-state index contributed by atoms with van der Waals surface area (Å²) in [6, 6.07) is 0.615. The van der Waals surface area contributed by atoms with Gasteiger partial charge in [-0.15, -0.1) is 0 Å². The van der Waals surface area contributed by atoms with E-state index in [2.05, 4.69) is 73.9 Å². The molecular weight excluding hydrogens is 440 g/mol. The first-order chi connectivity index (χ1) is 8.11. The van der Waals surface area contributed by atoms with Crippen molar-refractivity contribution in [1.29, 1.82) is 0 Å². The van der Waals surface area contributed by atoms with Gasteiger partial charge in [0.2, 0.25) is 0 Å². The molecule has 1 aromatic rings. The van der Waals surface area contributed by atoms with Crippen LogP contribution in [0.4, 0.5) is 0 Å². The van der Waals surface area contributed by atoms with Crippen LogP contribution in [-0.2, 0) is 6.54 Å². The summed E-state index contributed by atoms with van der Waals surface area (Å²) in [4.78, 5) is 4.30. The summed E-state index contributed by atoms with van der Waals surface area (Å²) in [6.07, 6.45) is 7.12. The highest BCUT2D eigenvalue weighted by molar-refractivity contribution is 14.1. The van der Waals surface area contributed by atoms with Gasteiger partial charge >= 0.3 is 0 Å². The molecule has 17 heavy (non-hydrogen) atoms. The van der Waals surface area contributed by atoms with Crippen molar-refractivity contribution in [3.05, 3.63) is 13.7 Å². The number of nitrogens with zero attached hydrogens (tertiary/aromatic N) is 2. The number of halogens is 2. The van der Waals surface area contributed by atoms with E-state index in [-0.39, 0.29) is 0 Å². The summed E-state index contributed by atoms with van der Waals surface area (Å²) >= 11 is 4.65. The van der Waals surface area contributed by atoms with Crippen LogP contribution in [0.5, 0.6) is 0 Å². The van der Waals surface area contributed by atoms with Gasteiger partial charge in [-0.3, -0.25) is 0 Å². The van der Waals surface area contributed by atoms with Gasteiger partial charge in [0.25, 0.3) is 0 Å². The van der Waals surface area contributed by atoms with Crippen LogP contribution in [0.25, 0.3) is 0 Å². The van der Waals surface area contributed by atoms with E-state index in [0.29, 0.717) is 6.04 Å². The summed E-state index contributed by atoms with van der Waals surface area (Å²) < 4.78 is 4.63. The molecule has 1 N–H and O–H groups in total. The molecule has 0 aliphatic heterocycles. The lowest BCUT2D eigenvalue weighted by Gasteiger charge is -2.07. The van der Waals surface area contributed by atoms with Gasteiger partial charge in [0.15, 0.2) is 0 Å². The molecular formula is C12H21I2N3. The van der Waals surface area contributed by atoms with E-state index in [1.165, 1.54) is 29.4 Å². The Labute approximate surface area is 131 Å². The smallest absolute Gasteiger partial charge is 0.132 e. The van der Waals surface area contributed by atoms with E-state index in [4.69, 9.17) is 0 Å². The molecule has 1 heterocycles.